The standard InChI is InChI=1S/C27H31N7O2.C25H27N7O/c1-33(2)11-16-36-25-18-21(7-8-24(25)34-12-14-35-15-13-34)31-27-28-10-9-26(32-27)30-22-17-20-5-3-4-6-23(20)29-19-22;1-31-11-13-32(14-12-31)22-8-7-19(16-23(22)33-2)29-25-26-10-9-24(30-25)28-20-15-18-5-3-4-6-21(18)27-17-20/h3-10,17-19H,11-16H2,1-2H3,(H2,28,30,31,32);3-10,15-17H,11-14H2,1-2H3,(H2,26,28,29,30). The summed E-state index contributed by atoms with van der Waals surface area (Å²) in [5, 5.41) is 15.4. The number of nitrogens with zero attached hydrogens (tertiary/aromatic N) is 10. The first-order valence-corrected chi connectivity index (χ1v) is 23.1. The average molecular weight is 927 g/mol. The zero-order valence-electron chi connectivity index (χ0n) is 39.5. The van der Waals surface area contributed by atoms with Gasteiger partial charge in [0, 0.05) is 92.5 Å². The van der Waals surface area contributed by atoms with E-state index in [0.717, 1.165) is 126 Å². The molecular weight excluding hydrogens is 869 g/mol. The van der Waals surface area contributed by atoms with Crippen molar-refractivity contribution < 1.29 is 14.2 Å². The van der Waals surface area contributed by atoms with Crippen molar-refractivity contribution in [3.05, 3.63) is 134 Å². The maximum atomic E-state index is 6.19. The summed E-state index contributed by atoms with van der Waals surface area (Å²) >= 11 is 0. The van der Waals surface area contributed by atoms with E-state index < -0.39 is 0 Å². The molecule has 4 aromatic heterocycles. The summed E-state index contributed by atoms with van der Waals surface area (Å²) in [6, 6.07) is 36.1. The quantitative estimate of drug-likeness (QED) is 0.0772. The average Bonchev–Trinajstić information content (AvgIpc) is 3.37. The van der Waals surface area contributed by atoms with Crippen molar-refractivity contribution in [2.75, 3.05) is 125 Å². The van der Waals surface area contributed by atoms with Gasteiger partial charge in [-0.3, -0.25) is 9.97 Å². The van der Waals surface area contributed by atoms with E-state index in [2.05, 4.69) is 102 Å². The molecule has 2 saturated heterocycles. The Morgan fingerprint density at radius 3 is 1.64 bits per heavy atom. The second-order valence-corrected chi connectivity index (χ2v) is 17.0. The molecule has 0 saturated carbocycles. The summed E-state index contributed by atoms with van der Waals surface area (Å²) in [4.78, 5) is 36.1. The Hall–Kier alpha value is -7.86. The number of para-hydroxylation sites is 2. The van der Waals surface area contributed by atoms with Crippen molar-refractivity contribution in [2.45, 2.75) is 0 Å². The number of hydrogen-bond donors (Lipinski definition) is 4. The number of morpholine rings is 1. The van der Waals surface area contributed by atoms with Gasteiger partial charge in [0.05, 0.1) is 66.5 Å². The van der Waals surface area contributed by atoms with Gasteiger partial charge in [0.1, 0.15) is 29.7 Å². The fourth-order valence-corrected chi connectivity index (χ4v) is 7.98. The first kappa shape index (κ1) is 46.3. The van der Waals surface area contributed by atoms with Crippen LogP contribution in [0.5, 0.6) is 11.5 Å². The van der Waals surface area contributed by atoms with Crippen molar-refractivity contribution in [1.82, 2.24) is 39.7 Å². The third kappa shape index (κ3) is 12.4. The van der Waals surface area contributed by atoms with Crippen LogP contribution >= 0.6 is 0 Å². The molecule has 4 N–H and O–H groups in total. The van der Waals surface area contributed by atoms with Gasteiger partial charge in [-0.25, -0.2) is 9.97 Å². The number of hydrogen-bond acceptors (Lipinski definition) is 17. The van der Waals surface area contributed by atoms with Crippen LogP contribution < -0.4 is 40.5 Å². The molecule has 17 nitrogen and oxygen atoms in total. The van der Waals surface area contributed by atoms with Crippen LogP contribution in [0, 0.1) is 0 Å². The largest absolute Gasteiger partial charge is 0.495 e. The van der Waals surface area contributed by atoms with Crippen LogP contribution in [0.1, 0.15) is 0 Å². The molecule has 69 heavy (non-hydrogen) atoms. The van der Waals surface area contributed by atoms with Crippen LogP contribution in [0.2, 0.25) is 0 Å². The molecule has 8 aromatic rings. The molecule has 0 atom stereocenters. The lowest BCUT2D eigenvalue weighted by Crippen LogP contribution is -2.44. The monoisotopic (exact) mass is 926 g/mol. The molecule has 6 heterocycles. The van der Waals surface area contributed by atoms with Gasteiger partial charge >= 0.3 is 0 Å². The summed E-state index contributed by atoms with van der Waals surface area (Å²) in [6.45, 7) is 8.63. The smallest absolute Gasteiger partial charge is 0.229 e. The topological polar surface area (TPSA) is 166 Å². The molecule has 2 aliphatic rings. The van der Waals surface area contributed by atoms with E-state index >= 15 is 0 Å². The van der Waals surface area contributed by atoms with Crippen molar-refractivity contribution in [2.24, 2.45) is 0 Å². The van der Waals surface area contributed by atoms with Crippen molar-refractivity contribution in [3.63, 3.8) is 0 Å². The molecule has 4 aromatic carbocycles. The second-order valence-electron chi connectivity index (χ2n) is 17.0. The summed E-state index contributed by atoms with van der Waals surface area (Å²) in [5.74, 6) is 4.03. The highest BCUT2D eigenvalue weighted by molar-refractivity contribution is 5.83. The maximum absolute atomic E-state index is 6.19. The second kappa shape index (κ2) is 22.3. The molecule has 0 spiro atoms. The van der Waals surface area contributed by atoms with E-state index in [-0.39, 0.29) is 0 Å². The van der Waals surface area contributed by atoms with Gasteiger partial charge in [0.15, 0.2) is 0 Å². The Labute approximate surface area is 402 Å². The number of nitrogens with one attached hydrogen (secondary N) is 4. The SMILES string of the molecule is CN(C)CCOc1cc(Nc2nccc(Nc3cnc4ccccc4c3)n2)ccc1N1CCOCC1.COc1cc(Nc2nccc(Nc3cnc4ccccc4c3)n2)ccc1N1CCN(C)CC1. The zero-order valence-corrected chi connectivity index (χ0v) is 39.5. The van der Waals surface area contributed by atoms with E-state index in [0.29, 0.717) is 30.1 Å². The van der Waals surface area contributed by atoms with Crippen molar-refractivity contribution in [1.29, 1.82) is 0 Å². The van der Waals surface area contributed by atoms with E-state index in [4.69, 9.17) is 14.2 Å². The molecule has 0 aliphatic carbocycles. The van der Waals surface area contributed by atoms with E-state index in [9.17, 15) is 0 Å². The Kier molecular flexibility index (Phi) is 14.9. The number of likely N-dealkylation sites (N-methyl/N-ethyl adjacent to an activating group) is 2. The molecule has 2 fully saturated rings. The Bertz CT molecular complexity index is 2960. The minimum Gasteiger partial charge on any atom is -0.495 e. The van der Waals surface area contributed by atoms with E-state index in [1.54, 1.807) is 31.9 Å². The summed E-state index contributed by atoms with van der Waals surface area (Å²) in [6.07, 6.45) is 7.06. The maximum Gasteiger partial charge on any atom is 0.229 e. The predicted octanol–water partition coefficient (Wildman–Crippen LogP) is 8.56. The Morgan fingerprint density at radius 2 is 1.09 bits per heavy atom. The molecular formula is C52H58N14O3. The van der Waals surface area contributed by atoms with Crippen LogP contribution in [0.15, 0.2) is 134 Å². The highest BCUT2D eigenvalue weighted by atomic mass is 16.5. The van der Waals surface area contributed by atoms with Gasteiger partial charge in [0.2, 0.25) is 11.9 Å². The fraction of sp³-hybridized carbons (Fsp3) is 0.269. The zero-order chi connectivity index (χ0) is 47.4. The first-order valence-electron chi connectivity index (χ1n) is 23.1. The lowest BCUT2D eigenvalue weighted by atomic mass is 10.2. The number of aromatic nitrogens is 6. The fourth-order valence-electron chi connectivity index (χ4n) is 7.98. The molecule has 354 valence electrons. The molecule has 0 bridgehead atoms. The van der Waals surface area contributed by atoms with Crippen molar-refractivity contribution >= 4 is 79.5 Å². The number of rotatable bonds is 15. The lowest BCUT2D eigenvalue weighted by molar-refractivity contribution is 0.122. The summed E-state index contributed by atoms with van der Waals surface area (Å²) in [7, 11) is 7.94. The van der Waals surface area contributed by atoms with Gasteiger partial charge in [-0.1, -0.05) is 36.4 Å². The van der Waals surface area contributed by atoms with Gasteiger partial charge < -0.3 is 55.1 Å². The number of pyridine rings is 2. The number of methoxy groups -OCH3 is 1. The molecule has 0 amide bonds. The Balaban J connectivity index is 0.000000172. The number of anilines is 10. The summed E-state index contributed by atoms with van der Waals surface area (Å²) < 4.78 is 17.4. The van der Waals surface area contributed by atoms with Gasteiger partial charge in [0.25, 0.3) is 0 Å². The molecule has 17 heteroatoms. The minimum atomic E-state index is 0.493. The number of piperazine rings is 1. The highest BCUT2D eigenvalue weighted by Gasteiger charge is 2.19. The highest BCUT2D eigenvalue weighted by Crippen LogP contribution is 2.35. The number of fused-ring (bicyclic) bond motifs is 2. The van der Waals surface area contributed by atoms with Crippen LogP contribution in [0.4, 0.5) is 57.7 Å². The minimum absolute atomic E-state index is 0.493. The van der Waals surface area contributed by atoms with Crippen molar-refractivity contribution in [3.8, 4) is 11.5 Å². The Morgan fingerprint density at radius 1 is 0.565 bits per heavy atom. The molecule has 0 radical (unpaired) electrons. The van der Waals surface area contributed by atoms with E-state index in [1.165, 1.54) is 0 Å². The van der Waals surface area contributed by atoms with Crippen LogP contribution in [0.25, 0.3) is 21.8 Å². The van der Waals surface area contributed by atoms with Gasteiger partial charge in [-0.15, -0.1) is 0 Å². The summed E-state index contributed by atoms with van der Waals surface area (Å²) in [5.41, 5.74) is 7.56. The molecule has 2 aliphatic heterocycles. The number of ether oxygens (including phenoxy) is 3. The number of benzene rings is 4. The normalized spacial score (nSPS) is 14.0. The van der Waals surface area contributed by atoms with Crippen LogP contribution in [-0.2, 0) is 4.74 Å². The predicted molar refractivity (Wildman–Crippen MR) is 277 cm³/mol. The molecule has 10 rings (SSSR count). The lowest BCUT2D eigenvalue weighted by Gasteiger charge is -2.34. The molecule has 0 unspecified atom stereocenters. The van der Waals surface area contributed by atoms with Gasteiger partial charge in [-0.2, -0.15) is 9.97 Å². The van der Waals surface area contributed by atoms with Crippen LogP contribution in [-0.4, -0.2) is 134 Å². The van der Waals surface area contributed by atoms with E-state index in [1.807, 2.05) is 99.0 Å². The third-order valence-electron chi connectivity index (χ3n) is 11.7. The van der Waals surface area contributed by atoms with Gasteiger partial charge in [-0.05, 0) is 81.8 Å². The first-order chi connectivity index (χ1) is 33.8. The van der Waals surface area contributed by atoms with Crippen LogP contribution in [0.3, 0.4) is 0 Å². The third-order valence-corrected chi connectivity index (χ3v) is 11.7.